The van der Waals surface area contributed by atoms with Crippen LogP contribution in [0.25, 0.3) is 0 Å². The Labute approximate surface area is 75.4 Å². The van der Waals surface area contributed by atoms with E-state index < -0.39 is 11.2 Å². The lowest BCUT2D eigenvalue weighted by Gasteiger charge is -2.04. The van der Waals surface area contributed by atoms with Gasteiger partial charge in [0.1, 0.15) is 6.26 Å². The predicted octanol–water partition coefficient (Wildman–Crippen LogP) is 1.34. The minimum Gasteiger partial charge on any atom is -0.609 e. The van der Waals surface area contributed by atoms with Crippen LogP contribution in [-0.2, 0) is 11.2 Å². The Morgan fingerprint density at radius 1 is 1.33 bits per heavy atom. The summed E-state index contributed by atoms with van der Waals surface area (Å²) < 4.78 is 10.9. The highest BCUT2D eigenvalue weighted by Gasteiger charge is 2.08. The van der Waals surface area contributed by atoms with Crippen LogP contribution in [0.4, 0.5) is 0 Å². The molecular formula is C8H12N2OS. The van der Waals surface area contributed by atoms with Crippen molar-refractivity contribution in [2.24, 2.45) is 0 Å². The first kappa shape index (κ1) is 9.48. The lowest BCUT2D eigenvalue weighted by molar-refractivity contribution is 0.591. The van der Waals surface area contributed by atoms with Gasteiger partial charge in [0.15, 0.2) is 0 Å². The summed E-state index contributed by atoms with van der Waals surface area (Å²) in [7, 11) is 0. The highest BCUT2D eigenvalue weighted by Crippen LogP contribution is 2.11. The van der Waals surface area contributed by atoms with Crippen LogP contribution in [0.1, 0.15) is 25.3 Å². The standard InChI is InChI=1S/C8H12N2OS/c1-6(2)7-4-9-8(10-5-7)12(3)11/h4-6H,1-3H3. The van der Waals surface area contributed by atoms with Gasteiger partial charge in [-0.1, -0.05) is 13.8 Å². The van der Waals surface area contributed by atoms with Gasteiger partial charge in [0.05, 0.1) is 0 Å². The molecule has 0 saturated heterocycles. The Kier molecular flexibility index (Phi) is 3.05. The second-order valence-electron chi connectivity index (χ2n) is 2.91. The van der Waals surface area contributed by atoms with Crippen LogP contribution in [0.15, 0.2) is 17.6 Å². The molecule has 0 aliphatic carbocycles. The van der Waals surface area contributed by atoms with E-state index in [1.54, 1.807) is 18.6 Å². The van der Waals surface area contributed by atoms with E-state index >= 15 is 0 Å². The van der Waals surface area contributed by atoms with Gasteiger partial charge in [0.2, 0.25) is 0 Å². The molecule has 0 spiro atoms. The summed E-state index contributed by atoms with van der Waals surface area (Å²) in [5.41, 5.74) is 1.07. The number of aromatic nitrogens is 2. The van der Waals surface area contributed by atoms with Crippen molar-refractivity contribution >= 4 is 11.2 Å². The molecule has 1 atom stereocenters. The van der Waals surface area contributed by atoms with Gasteiger partial charge < -0.3 is 4.55 Å². The summed E-state index contributed by atoms with van der Waals surface area (Å²) in [5, 5.41) is 0.402. The maximum Gasteiger partial charge on any atom is 0.342 e. The zero-order chi connectivity index (χ0) is 9.14. The van der Waals surface area contributed by atoms with Gasteiger partial charge in [-0.15, -0.1) is 0 Å². The second kappa shape index (κ2) is 3.87. The molecule has 1 unspecified atom stereocenters. The molecule has 0 amide bonds. The first-order valence-electron chi connectivity index (χ1n) is 3.76. The molecular weight excluding hydrogens is 172 g/mol. The fraction of sp³-hybridized carbons (Fsp3) is 0.500. The van der Waals surface area contributed by atoms with Crippen LogP contribution < -0.4 is 0 Å². The van der Waals surface area contributed by atoms with Crippen molar-refractivity contribution in [2.75, 3.05) is 6.26 Å². The van der Waals surface area contributed by atoms with Crippen LogP contribution in [-0.4, -0.2) is 20.8 Å². The van der Waals surface area contributed by atoms with Gasteiger partial charge in [0.25, 0.3) is 0 Å². The summed E-state index contributed by atoms with van der Waals surface area (Å²) in [6.07, 6.45) is 5.03. The molecule has 1 rings (SSSR count). The van der Waals surface area contributed by atoms with E-state index in [4.69, 9.17) is 0 Å². The number of hydrogen-bond acceptors (Lipinski definition) is 3. The van der Waals surface area contributed by atoms with Crippen LogP contribution in [0.5, 0.6) is 0 Å². The van der Waals surface area contributed by atoms with Crippen molar-refractivity contribution in [3.05, 3.63) is 18.0 Å². The topological polar surface area (TPSA) is 48.8 Å². The molecule has 66 valence electrons. The largest absolute Gasteiger partial charge is 0.609 e. The van der Waals surface area contributed by atoms with Gasteiger partial charge in [0, 0.05) is 23.6 Å². The molecule has 12 heavy (non-hydrogen) atoms. The van der Waals surface area contributed by atoms with Gasteiger partial charge in [-0.3, -0.25) is 0 Å². The number of nitrogens with zero attached hydrogens (tertiary/aromatic N) is 2. The minimum atomic E-state index is -1.07. The van der Waals surface area contributed by atoms with Crippen LogP contribution in [0, 0.1) is 0 Å². The fourth-order valence-electron chi connectivity index (χ4n) is 0.773. The zero-order valence-corrected chi connectivity index (χ0v) is 8.26. The molecule has 0 N–H and O–H groups in total. The predicted molar refractivity (Wildman–Crippen MR) is 48.5 cm³/mol. The minimum absolute atomic E-state index is 0.402. The Morgan fingerprint density at radius 3 is 2.17 bits per heavy atom. The molecule has 4 heteroatoms. The Hall–Kier alpha value is -0.610. The van der Waals surface area contributed by atoms with Crippen LogP contribution >= 0.6 is 0 Å². The van der Waals surface area contributed by atoms with Crippen molar-refractivity contribution in [1.82, 2.24) is 9.97 Å². The van der Waals surface area contributed by atoms with Crippen molar-refractivity contribution in [2.45, 2.75) is 24.9 Å². The molecule has 0 fully saturated rings. The molecule has 0 aromatic carbocycles. The molecule has 1 aromatic heterocycles. The Morgan fingerprint density at radius 2 is 1.83 bits per heavy atom. The summed E-state index contributed by atoms with van der Waals surface area (Å²) in [5.74, 6) is 0.421. The van der Waals surface area contributed by atoms with E-state index in [1.165, 1.54) is 0 Å². The summed E-state index contributed by atoms with van der Waals surface area (Å²) in [4.78, 5) is 7.98. The molecule has 1 heterocycles. The van der Waals surface area contributed by atoms with Gasteiger partial charge in [-0.05, 0) is 11.5 Å². The lowest BCUT2D eigenvalue weighted by Crippen LogP contribution is -2.04. The van der Waals surface area contributed by atoms with Crippen molar-refractivity contribution in [3.63, 3.8) is 0 Å². The maximum absolute atomic E-state index is 10.9. The number of hydrogen-bond donors (Lipinski definition) is 0. The Balaban J connectivity index is 2.86. The number of rotatable bonds is 2. The third kappa shape index (κ3) is 2.19. The highest BCUT2D eigenvalue weighted by atomic mass is 32.2. The summed E-state index contributed by atoms with van der Waals surface area (Å²) in [6, 6.07) is 0. The second-order valence-corrected chi connectivity index (χ2v) is 4.18. The average Bonchev–Trinajstić information content (AvgIpc) is 2.04. The first-order valence-corrected chi connectivity index (χ1v) is 5.32. The molecule has 0 radical (unpaired) electrons. The third-order valence-electron chi connectivity index (χ3n) is 1.57. The van der Waals surface area contributed by atoms with E-state index in [0.29, 0.717) is 11.1 Å². The summed E-state index contributed by atoms with van der Waals surface area (Å²) >= 11 is -1.07. The monoisotopic (exact) mass is 184 g/mol. The quantitative estimate of drug-likeness (QED) is 0.514. The molecule has 0 aliphatic heterocycles. The van der Waals surface area contributed by atoms with E-state index in [9.17, 15) is 4.55 Å². The molecule has 0 aliphatic rings. The SMILES string of the molecule is CC(C)c1cnc([S+](C)[O-])nc1. The van der Waals surface area contributed by atoms with Crippen molar-refractivity contribution in [3.8, 4) is 0 Å². The van der Waals surface area contributed by atoms with E-state index in [1.807, 2.05) is 0 Å². The van der Waals surface area contributed by atoms with E-state index in [0.717, 1.165) is 5.56 Å². The first-order chi connectivity index (χ1) is 5.61. The molecule has 3 nitrogen and oxygen atoms in total. The molecule has 1 aromatic rings. The Bertz CT molecular complexity index is 219. The van der Waals surface area contributed by atoms with Crippen LogP contribution in [0.3, 0.4) is 0 Å². The van der Waals surface area contributed by atoms with Gasteiger partial charge in [-0.25, -0.2) is 0 Å². The lowest BCUT2D eigenvalue weighted by atomic mass is 10.1. The van der Waals surface area contributed by atoms with E-state index in [-0.39, 0.29) is 0 Å². The van der Waals surface area contributed by atoms with Gasteiger partial charge in [-0.2, -0.15) is 9.97 Å². The fourth-order valence-corrected chi connectivity index (χ4v) is 1.18. The highest BCUT2D eigenvalue weighted by molar-refractivity contribution is 7.90. The third-order valence-corrected chi connectivity index (χ3v) is 2.30. The smallest absolute Gasteiger partial charge is 0.342 e. The van der Waals surface area contributed by atoms with Gasteiger partial charge >= 0.3 is 5.16 Å². The van der Waals surface area contributed by atoms with E-state index in [2.05, 4.69) is 23.8 Å². The van der Waals surface area contributed by atoms with Crippen molar-refractivity contribution < 1.29 is 4.55 Å². The normalized spacial score (nSPS) is 13.4. The summed E-state index contributed by atoms with van der Waals surface area (Å²) in [6.45, 7) is 4.14. The average molecular weight is 184 g/mol. The molecule has 0 saturated carbocycles. The molecule has 0 bridgehead atoms. The zero-order valence-electron chi connectivity index (χ0n) is 7.44. The van der Waals surface area contributed by atoms with Crippen molar-refractivity contribution in [1.29, 1.82) is 0 Å². The maximum atomic E-state index is 10.9. The van der Waals surface area contributed by atoms with Crippen LogP contribution in [0.2, 0.25) is 0 Å².